The third kappa shape index (κ3) is 4.53. The molecule has 0 fully saturated rings. The summed E-state index contributed by atoms with van der Waals surface area (Å²) >= 11 is 0. The fourth-order valence-electron chi connectivity index (χ4n) is 4.57. The maximum Gasteiger partial charge on any atom is 0.252 e. The molecule has 10 heteroatoms. The first-order chi connectivity index (χ1) is 16.7. The SMILES string of the molecule is CC(C)[C@@H](c1nnnn1C(C)(C)C)N(Cc1ccco1)Cc1cc2cc3c(cc2[nH]c1=O)OCO3. The Labute approximate surface area is 202 Å². The predicted octanol–water partition coefficient (Wildman–Crippen LogP) is 3.99. The lowest BCUT2D eigenvalue weighted by molar-refractivity contribution is 0.111. The number of ether oxygens (including phenoxy) is 2. The average molecular weight is 479 g/mol. The number of rotatable bonds is 7. The van der Waals surface area contributed by atoms with Crippen molar-refractivity contribution in [3.8, 4) is 11.5 Å². The number of tetrazole rings is 1. The van der Waals surface area contributed by atoms with Gasteiger partial charge in [-0.05, 0) is 61.4 Å². The molecule has 35 heavy (non-hydrogen) atoms. The zero-order valence-corrected chi connectivity index (χ0v) is 20.6. The topological polar surface area (TPSA) is 111 Å². The molecule has 0 unspecified atom stereocenters. The van der Waals surface area contributed by atoms with Gasteiger partial charge in [0.25, 0.3) is 5.56 Å². The molecule has 5 rings (SSSR count). The van der Waals surface area contributed by atoms with E-state index in [1.165, 1.54) is 0 Å². The summed E-state index contributed by atoms with van der Waals surface area (Å²) in [5, 5.41) is 13.6. The molecule has 1 aromatic carbocycles. The zero-order valence-electron chi connectivity index (χ0n) is 20.6. The normalized spacial score (nSPS) is 14.4. The Bertz CT molecular complexity index is 1380. The summed E-state index contributed by atoms with van der Waals surface area (Å²) in [6.07, 6.45) is 1.66. The van der Waals surface area contributed by atoms with Gasteiger partial charge in [0.1, 0.15) is 5.76 Å². The van der Waals surface area contributed by atoms with Crippen molar-refractivity contribution in [3.63, 3.8) is 0 Å². The number of hydrogen-bond donors (Lipinski definition) is 1. The smallest absolute Gasteiger partial charge is 0.252 e. The number of fused-ring (bicyclic) bond motifs is 2. The van der Waals surface area contributed by atoms with Crippen molar-refractivity contribution in [2.45, 2.75) is 59.3 Å². The second-order valence-corrected chi connectivity index (χ2v) is 10.2. The van der Waals surface area contributed by atoms with Crippen molar-refractivity contribution in [1.82, 2.24) is 30.1 Å². The number of hydrogen-bond acceptors (Lipinski definition) is 8. The Morgan fingerprint density at radius 3 is 2.60 bits per heavy atom. The van der Waals surface area contributed by atoms with Gasteiger partial charge in [0, 0.05) is 23.6 Å². The summed E-state index contributed by atoms with van der Waals surface area (Å²) in [6.45, 7) is 11.5. The van der Waals surface area contributed by atoms with Crippen LogP contribution in [0.5, 0.6) is 11.5 Å². The number of H-pyrrole nitrogens is 1. The molecule has 0 aliphatic carbocycles. The van der Waals surface area contributed by atoms with E-state index >= 15 is 0 Å². The van der Waals surface area contributed by atoms with Gasteiger partial charge in [-0.25, -0.2) is 4.68 Å². The Morgan fingerprint density at radius 1 is 1.14 bits per heavy atom. The van der Waals surface area contributed by atoms with Crippen molar-refractivity contribution in [2.75, 3.05) is 6.79 Å². The van der Waals surface area contributed by atoms with E-state index < -0.39 is 0 Å². The number of benzene rings is 1. The van der Waals surface area contributed by atoms with Crippen LogP contribution in [-0.4, -0.2) is 36.9 Å². The van der Waals surface area contributed by atoms with Crippen LogP contribution in [0.1, 0.15) is 57.8 Å². The van der Waals surface area contributed by atoms with Gasteiger partial charge < -0.3 is 18.9 Å². The van der Waals surface area contributed by atoms with Crippen molar-refractivity contribution in [3.05, 3.63) is 64.1 Å². The number of furan rings is 1. The second kappa shape index (κ2) is 8.84. The van der Waals surface area contributed by atoms with Crippen LogP contribution in [0.25, 0.3) is 10.9 Å². The first kappa shape index (κ1) is 23.1. The molecule has 4 aromatic rings. The quantitative estimate of drug-likeness (QED) is 0.424. The van der Waals surface area contributed by atoms with Crippen LogP contribution in [0.3, 0.4) is 0 Å². The van der Waals surface area contributed by atoms with Crippen LogP contribution in [0.15, 0.2) is 45.8 Å². The van der Waals surface area contributed by atoms with E-state index in [2.05, 4.69) is 60.0 Å². The first-order valence-electron chi connectivity index (χ1n) is 11.7. The molecule has 184 valence electrons. The van der Waals surface area contributed by atoms with E-state index in [0.29, 0.717) is 35.7 Å². The highest BCUT2D eigenvalue weighted by molar-refractivity contribution is 5.83. The number of aromatic nitrogens is 5. The Balaban J connectivity index is 1.57. The molecule has 1 aliphatic heterocycles. The monoisotopic (exact) mass is 478 g/mol. The molecule has 3 aromatic heterocycles. The summed E-state index contributed by atoms with van der Waals surface area (Å²) < 4.78 is 18.5. The van der Waals surface area contributed by atoms with E-state index in [4.69, 9.17) is 13.9 Å². The number of nitrogens with one attached hydrogen (secondary N) is 1. The van der Waals surface area contributed by atoms with Gasteiger partial charge in [-0.3, -0.25) is 9.69 Å². The molecule has 0 saturated carbocycles. The minimum absolute atomic E-state index is 0.154. The average Bonchev–Trinajstić information content (AvgIpc) is 3.54. The van der Waals surface area contributed by atoms with E-state index in [-0.39, 0.29) is 29.9 Å². The van der Waals surface area contributed by atoms with Crippen LogP contribution in [0, 0.1) is 5.92 Å². The van der Waals surface area contributed by atoms with Gasteiger partial charge >= 0.3 is 0 Å². The Kier molecular flexibility index (Phi) is 5.84. The van der Waals surface area contributed by atoms with E-state index in [1.807, 2.05) is 28.9 Å². The molecular weight excluding hydrogens is 448 g/mol. The standard InChI is InChI=1S/C25H30N6O4/c1-15(2)22(23-27-28-29-31(23)25(3,4)5)30(13-18-7-6-8-33-18)12-17-9-16-10-20-21(35-14-34-20)11-19(16)26-24(17)32/h6-11,15,22H,12-14H2,1-5H3,(H,26,32)/t22-/m0/s1. The van der Waals surface area contributed by atoms with Crippen molar-refractivity contribution >= 4 is 10.9 Å². The first-order valence-corrected chi connectivity index (χ1v) is 11.7. The van der Waals surface area contributed by atoms with Gasteiger partial charge in [0.2, 0.25) is 6.79 Å². The Morgan fingerprint density at radius 2 is 1.91 bits per heavy atom. The molecular formula is C25H30N6O4. The van der Waals surface area contributed by atoms with E-state index in [0.717, 1.165) is 17.0 Å². The van der Waals surface area contributed by atoms with Gasteiger partial charge in [-0.1, -0.05) is 13.8 Å². The zero-order chi connectivity index (χ0) is 24.7. The minimum Gasteiger partial charge on any atom is -0.468 e. The van der Waals surface area contributed by atoms with E-state index in [9.17, 15) is 4.79 Å². The predicted molar refractivity (Wildman–Crippen MR) is 129 cm³/mol. The highest BCUT2D eigenvalue weighted by Crippen LogP contribution is 2.36. The summed E-state index contributed by atoms with van der Waals surface area (Å²) in [6, 6.07) is 9.24. The van der Waals surface area contributed by atoms with Crippen LogP contribution in [-0.2, 0) is 18.6 Å². The number of aromatic amines is 1. The van der Waals surface area contributed by atoms with Crippen molar-refractivity contribution in [1.29, 1.82) is 0 Å². The minimum atomic E-state index is -0.300. The maximum absolute atomic E-state index is 13.2. The molecule has 0 amide bonds. The molecule has 0 bridgehead atoms. The molecule has 1 N–H and O–H groups in total. The highest BCUT2D eigenvalue weighted by atomic mass is 16.7. The van der Waals surface area contributed by atoms with Gasteiger partial charge in [0.15, 0.2) is 17.3 Å². The third-order valence-corrected chi connectivity index (χ3v) is 6.15. The molecule has 10 nitrogen and oxygen atoms in total. The second-order valence-electron chi connectivity index (χ2n) is 10.2. The number of nitrogens with zero attached hydrogens (tertiary/aromatic N) is 5. The third-order valence-electron chi connectivity index (χ3n) is 6.15. The lowest BCUT2D eigenvalue weighted by atomic mass is 9.99. The number of pyridine rings is 1. The van der Waals surface area contributed by atoms with Gasteiger partial charge in [-0.2, -0.15) is 0 Å². The highest BCUT2D eigenvalue weighted by Gasteiger charge is 2.33. The summed E-state index contributed by atoms with van der Waals surface area (Å²) in [7, 11) is 0. The maximum atomic E-state index is 13.2. The lowest BCUT2D eigenvalue weighted by Crippen LogP contribution is -2.37. The van der Waals surface area contributed by atoms with E-state index in [1.54, 1.807) is 12.3 Å². The molecule has 0 spiro atoms. The van der Waals surface area contributed by atoms with Crippen LogP contribution in [0.2, 0.25) is 0 Å². The van der Waals surface area contributed by atoms with Crippen LogP contribution < -0.4 is 15.0 Å². The summed E-state index contributed by atoms with van der Waals surface area (Å²) in [4.78, 5) is 18.4. The van der Waals surface area contributed by atoms with Crippen LogP contribution in [0.4, 0.5) is 0 Å². The summed E-state index contributed by atoms with van der Waals surface area (Å²) in [5.74, 6) is 3.01. The van der Waals surface area contributed by atoms with Gasteiger partial charge in [-0.15, -0.1) is 5.10 Å². The Hall–Kier alpha value is -3.66. The fraction of sp³-hybridized carbons (Fsp3) is 0.440. The fourth-order valence-corrected chi connectivity index (χ4v) is 4.57. The molecule has 4 heterocycles. The van der Waals surface area contributed by atoms with Crippen molar-refractivity contribution in [2.24, 2.45) is 5.92 Å². The largest absolute Gasteiger partial charge is 0.468 e. The van der Waals surface area contributed by atoms with Crippen LogP contribution >= 0.6 is 0 Å². The van der Waals surface area contributed by atoms with Gasteiger partial charge in [0.05, 0.1) is 29.9 Å². The van der Waals surface area contributed by atoms with Crippen molar-refractivity contribution < 1.29 is 13.9 Å². The molecule has 1 aliphatic rings. The lowest BCUT2D eigenvalue weighted by Gasteiger charge is -2.34. The summed E-state index contributed by atoms with van der Waals surface area (Å²) in [5.41, 5.74) is 0.880. The molecule has 1 atom stereocenters. The molecule has 0 radical (unpaired) electrons. The molecule has 0 saturated heterocycles.